The molecule has 1 fully saturated rings. The van der Waals surface area contributed by atoms with Crippen LogP contribution in [0, 0.1) is 5.92 Å². The first kappa shape index (κ1) is 20.5. The number of hydrogen-bond donors (Lipinski definition) is 0. The van der Waals surface area contributed by atoms with Gasteiger partial charge in [-0.15, -0.1) is 11.8 Å². The van der Waals surface area contributed by atoms with Crippen LogP contribution >= 0.6 is 11.8 Å². The number of hydrogen-bond acceptors (Lipinski definition) is 3. The first-order chi connectivity index (χ1) is 13.6. The first-order valence-electron chi connectivity index (χ1n) is 9.85. The van der Waals surface area contributed by atoms with Gasteiger partial charge in [-0.25, -0.2) is 0 Å². The van der Waals surface area contributed by atoms with Crippen molar-refractivity contribution in [1.29, 1.82) is 0 Å². The van der Waals surface area contributed by atoms with Crippen LogP contribution in [0.4, 0.5) is 0 Å². The summed E-state index contributed by atoms with van der Waals surface area (Å²) in [5.41, 5.74) is 1.95. The monoisotopic (exact) mass is 396 g/mol. The molecular weight excluding hydrogens is 368 g/mol. The molecule has 0 saturated carbocycles. The molecule has 1 unspecified atom stereocenters. The van der Waals surface area contributed by atoms with Gasteiger partial charge in [0.1, 0.15) is 0 Å². The van der Waals surface area contributed by atoms with Crippen LogP contribution in [0.15, 0.2) is 60.7 Å². The lowest BCUT2D eigenvalue weighted by atomic mass is 10.1. The molecule has 1 saturated heterocycles. The Labute approximate surface area is 171 Å². The summed E-state index contributed by atoms with van der Waals surface area (Å²) >= 11 is 1.72. The van der Waals surface area contributed by atoms with E-state index in [9.17, 15) is 9.59 Å². The molecule has 0 spiro atoms. The molecule has 1 aliphatic heterocycles. The lowest BCUT2D eigenvalue weighted by molar-refractivity contribution is -0.132. The van der Waals surface area contributed by atoms with Crippen molar-refractivity contribution in [2.75, 3.05) is 26.2 Å². The van der Waals surface area contributed by atoms with Crippen LogP contribution in [0.2, 0.25) is 0 Å². The van der Waals surface area contributed by atoms with E-state index in [1.807, 2.05) is 58.3 Å². The minimum absolute atomic E-state index is 0.0477. The summed E-state index contributed by atoms with van der Waals surface area (Å²) in [7, 11) is 0. The largest absolute Gasteiger partial charge is 0.338 e. The normalized spacial score (nSPS) is 15.5. The maximum absolute atomic E-state index is 13.1. The van der Waals surface area contributed by atoms with E-state index in [0.717, 1.165) is 5.75 Å². The second-order valence-electron chi connectivity index (χ2n) is 7.44. The van der Waals surface area contributed by atoms with E-state index in [-0.39, 0.29) is 23.0 Å². The molecule has 1 aliphatic rings. The van der Waals surface area contributed by atoms with E-state index >= 15 is 0 Å². The Morgan fingerprint density at radius 2 is 1.39 bits per heavy atom. The number of carbonyl (C=O) groups excluding carboxylic acids is 2. The number of benzene rings is 2. The quantitative estimate of drug-likeness (QED) is 0.743. The summed E-state index contributed by atoms with van der Waals surface area (Å²) in [6, 6.07) is 19.6. The van der Waals surface area contributed by atoms with Crippen LogP contribution in [-0.4, -0.2) is 53.0 Å². The van der Waals surface area contributed by atoms with Gasteiger partial charge in [0.2, 0.25) is 5.91 Å². The average molecular weight is 397 g/mol. The predicted molar refractivity (Wildman–Crippen MR) is 115 cm³/mol. The molecule has 0 aromatic heterocycles. The first-order valence-corrected chi connectivity index (χ1v) is 10.9. The zero-order valence-corrected chi connectivity index (χ0v) is 17.4. The van der Waals surface area contributed by atoms with Crippen LogP contribution in [0.3, 0.4) is 0 Å². The van der Waals surface area contributed by atoms with Gasteiger partial charge in [-0.1, -0.05) is 62.4 Å². The molecule has 1 atom stereocenters. The zero-order chi connectivity index (χ0) is 19.9. The molecule has 1 heterocycles. The van der Waals surface area contributed by atoms with Gasteiger partial charge in [0, 0.05) is 37.5 Å². The second-order valence-corrected chi connectivity index (χ2v) is 8.57. The number of rotatable bonds is 6. The van der Waals surface area contributed by atoms with Gasteiger partial charge in [-0.3, -0.25) is 9.59 Å². The van der Waals surface area contributed by atoms with Crippen LogP contribution in [0.1, 0.15) is 29.8 Å². The highest BCUT2D eigenvalue weighted by atomic mass is 32.2. The number of carbonyl (C=O) groups is 2. The van der Waals surface area contributed by atoms with Crippen molar-refractivity contribution in [1.82, 2.24) is 9.80 Å². The lowest BCUT2D eigenvalue weighted by Gasteiger charge is -2.37. The molecule has 0 radical (unpaired) electrons. The van der Waals surface area contributed by atoms with E-state index in [1.165, 1.54) is 5.56 Å². The summed E-state index contributed by atoms with van der Waals surface area (Å²) in [5, 5.41) is -0.0587. The third-order valence-corrected chi connectivity index (χ3v) is 6.63. The highest BCUT2D eigenvalue weighted by Crippen LogP contribution is 2.26. The van der Waals surface area contributed by atoms with Crippen molar-refractivity contribution in [2.24, 2.45) is 5.92 Å². The van der Waals surface area contributed by atoms with E-state index < -0.39 is 0 Å². The Morgan fingerprint density at radius 3 is 1.96 bits per heavy atom. The predicted octanol–water partition coefficient (Wildman–Crippen LogP) is 3.93. The van der Waals surface area contributed by atoms with Crippen molar-refractivity contribution < 1.29 is 9.59 Å². The Bertz CT molecular complexity index is 772. The van der Waals surface area contributed by atoms with Gasteiger partial charge in [0.15, 0.2) is 0 Å². The molecule has 3 rings (SSSR count). The average Bonchev–Trinajstić information content (AvgIpc) is 2.74. The third kappa shape index (κ3) is 5.16. The number of nitrogens with zero attached hydrogens (tertiary/aromatic N) is 2. The lowest BCUT2D eigenvalue weighted by Crippen LogP contribution is -2.53. The molecule has 2 aromatic carbocycles. The number of thioether (sulfide) groups is 1. The van der Waals surface area contributed by atoms with Crippen LogP contribution < -0.4 is 0 Å². The van der Waals surface area contributed by atoms with Crippen LogP contribution in [0.5, 0.6) is 0 Å². The van der Waals surface area contributed by atoms with Gasteiger partial charge < -0.3 is 9.80 Å². The summed E-state index contributed by atoms with van der Waals surface area (Å²) in [5.74, 6) is 1.35. The fraction of sp³-hybridized carbons (Fsp3) is 0.391. The zero-order valence-electron chi connectivity index (χ0n) is 16.6. The van der Waals surface area contributed by atoms with Gasteiger partial charge >= 0.3 is 0 Å². The summed E-state index contributed by atoms with van der Waals surface area (Å²) < 4.78 is 0. The highest BCUT2D eigenvalue weighted by Gasteiger charge is 2.31. The second kappa shape index (κ2) is 9.78. The van der Waals surface area contributed by atoms with Gasteiger partial charge in [0.25, 0.3) is 5.91 Å². The summed E-state index contributed by atoms with van der Waals surface area (Å²) in [6.07, 6.45) is 0. The minimum atomic E-state index is -0.0587. The fourth-order valence-electron chi connectivity index (χ4n) is 3.38. The van der Waals surface area contributed by atoms with Gasteiger partial charge in [-0.2, -0.15) is 0 Å². The maximum atomic E-state index is 13.1. The third-order valence-electron chi connectivity index (χ3n) is 5.02. The van der Waals surface area contributed by atoms with Crippen LogP contribution in [0.25, 0.3) is 0 Å². The maximum Gasteiger partial charge on any atom is 0.253 e. The van der Waals surface area contributed by atoms with Crippen molar-refractivity contribution in [3.05, 3.63) is 71.8 Å². The van der Waals surface area contributed by atoms with Gasteiger partial charge in [-0.05, 0) is 23.6 Å². The van der Waals surface area contributed by atoms with E-state index in [4.69, 9.17) is 0 Å². The van der Waals surface area contributed by atoms with Gasteiger partial charge in [0.05, 0.1) is 5.25 Å². The summed E-state index contributed by atoms with van der Waals surface area (Å²) in [4.78, 5) is 29.5. The molecular formula is C23H28N2O2S. The molecule has 4 nitrogen and oxygen atoms in total. The van der Waals surface area contributed by atoms with Crippen LogP contribution in [-0.2, 0) is 10.5 Å². The molecule has 2 amide bonds. The van der Waals surface area contributed by atoms with E-state index in [0.29, 0.717) is 31.7 Å². The smallest absolute Gasteiger partial charge is 0.253 e. The molecule has 28 heavy (non-hydrogen) atoms. The van der Waals surface area contributed by atoms with Crippen molar-refractivity contribution >= 4 is 23.6 Å². The Hall–Kier alpha value is -2.27. The van der Waals surface area contributed by atoms with Crippen molar-refractivity contribution in [3.8, 4) is 0 Å². The molecule has 0 N–H and O–H groups in total. The molecule has 2 aromatic rings. The molecule has 0 aliphatic carbocycles. The minimum Gasteiger partial charge on any atom is -0.338 e. The topological polar surface area (TPSA) is 40.6 Å². The number of piperazine rings is 1. The Kier molecular flexibility index (Phi) is 7.15. The Balaban J connectivity index is 1.55. The van der Waals surface area contributed by atoms with E-state index in [1.54, 1.807) is 11.8 Å². The SMILES string of the molecule is CC(C)C(SCc1ccccc1)C(=O)N1CCN(C(=O)c2ccccc2)CC1. The summed E-state index contributed by atoms with van der Waals surface area (Å²) in [6.45, 7) is 6.60. The van der Waals surface area contributed by atoms with Crippen molar-refractivity contribution in [3.63, 3.8) is 0 Å². The molecule has 0 bridgehead atoms. The number of amides is 2. The van der Waals surface area contributed by atoms with E-state index in [2.05, 4.69) is 26.0 Å². The Morgan fingerprint density at radius 1 is 0.857 bits per heavy atom. The standard InChI is InChI=1S/C23H28N2O2S/c1-18(2)21(28-17-19-9-5-3-6-10-19)23(27)25-15-13-24(14-16-25)22(26)20-11-7-4-8-12-20/h3-12,18,21H,13-17H2,1-2H3. The molecule has 5 heteroatoms. The fourth-order valence-corrected chi connectivity index (χ4v) is 4.62. The van der Waals surface area contributed by atoms with Crippen molar-refractivity contribution in [2.45, 2.75) is 24.9 Å². The highest BCUT2D eigenvalue weighted by molar-refractivity contribution is 7.99. The molecule has 148 valence electrons.